The first-order valence-corrected chi connectivity index (χ1v) is 12.6. The van der Waals surface area contributed by atoms with Gasteiger partial charge in [-0.2, -0.15) is 26.3 Å². The number of alkyl halides is 6. The topological polar surface area (TPSA) is 85.7 Å². The zero-order valence-electron chi connectivity index (χ0n) is 22.4. The van der Waals surface area contributed by atoms with E-state index in [0.29, 0.717) is 23.3 Å². The van der Waals surface area contributed by atoms with Gasteiger partial charge in [-0.15, -0.1) is 0 Å². The van der Waals surface area contributed by atoms with Gasteiger partial charge in [0.15, 0.2) is 0 Å². The molecule has 2 atom stereocenters. The monoisotopic (exact) mass is 603 g/mol. The first-order chi connectivity index (χ1) is 18.9. The summed E-state index contributed by atoms with van der Waals surface area (Å²) in [5.41, 5.74) is -4.44. The van der Waals surface area contributed by atoms with E-state index in [1.807, 2.05) is 0 Å². The highest BCUT2D eigenvalue weighted by Crippen LogP contribution is 2.41. The maximum Gasteiger partial charge on any atom is 0.416 e. The number of likely N-dealkylation sites (N-methyl/N-ethyl adjacent to an activating group) is 1. The van der Waals surface area contributed by atoms with Crippen LogP contribution in [0.3, 0.4) is 0 Å². The van der Waals surface area contributed by atoms with Gasteiger partial charge < -0.3 is 20.4 Å². The number of nitrogens with zero attached hydrogens (tertiary/aromatic N) is 2. The predicted octanol–water partition coefficient (Wildman–Crippen LogP) is 6.53. The molecule has 6 nitrogen and oxygen atoms in total. The van der Waals surface area contributed by atoms with E-state index in [1.54, 1.807) is 24.3 Å². The lowest BCUT2D eigenvalue weighted by Crippen LogP contribution is -2.42. The lowest BCUT2D eigenvalue weighted by atomic mass is 9.81. The molecule has 1 aromatic heterocycles. The molecule has 0 saturated heterocycles. The average Bonchev–Trinajstić information content (AvgIpc) is 2.89. The van der Waals surface area contributed by atoms with Crippen LogP contribution in [0.15, 0.2) is 54.7 Å². The van der Waals surface area contributed by atoms with Crippen molar-refractivity contribution in [3.63, 3.8) is 0 Å². The molecule has 0 radical (unpaired) electrons. The van der Waals surface area contributed by atoms with E-state index in [9.17, 15) is 41.4 Å². The number of aliphatic hydroxyl groups excluding tert-OH is 2. The maximum absolute atomic E-state index is 13.8. The van der Waals surface area contributed by atoms with Crippen molar-refractivity contribution in [2.24, 2.45) is 0 Å². The summed E-state index contributed by atoms with van der Waals surface area (Å²) in [4.78, 5) is 19.1. The largest absolute Gasteiger partial charge is 0.416 e. The molecule has 0 aliphatic carbocycles. The number of pyridine rings is 1. The zero-order valence-corrected chi connectivity index (χ0v) is 23.2. The number of amides is 1. The van der Waals surface area contributed by atoms with Crippen molar-refractivity contribution in [3.8, 4) is 11.1 Å². The Morgan fingerprint density at radius 3 is 2.00 bits per heavy atom. The van der Waals surface area contributed by atoms with Gasteiger partial charge in [0.1, 0.15) is 5.82 Å². The van der Waals surface area contributed by atoms with Gasteiger partial charge >= 0.3 is 12.4 Å². The maximum atomic E-state index is 13.8. The molecule has 1 heterocycles. The molecule has 0 spiro atoms. The lowest BCUT2D eigenvalue weighted by molar-refractivity contribution is -0.143. The number of aliphatic hydroxyl groups is 2. The fourth-order valence-electron chi connectivity index (χ4n) is 4.17. The molecule has 0 unspecified atom stereocenters. The molecule has 0 bridgehead atoms. The normalized spacial score (nSPS) is 14.0. The second-order valence-corrected chi connectivity index (χ2v) is 10.4. The summed E-state index contributed by atoms with van der Waals surface area (Å²) < 4.78 is 81.1. The minimum atomic E-state index is -5.08. The molecule has 2 aromatic carbocycles. The third-order valence-electron chi connectivity index (χ3n) is 6.67. The van der Waals surface area contributed by atoms with Gasteiger partial charge in [0.25, 0.3) is 0 Å². The number of rotatable bonds is 8. The van der Waals surface area contributed by atoms with Crippen molar-refractivity contribution < 1.29 is 41.4 Å². The van der Waals surface area contributed by atoms with E-state index in [1.165, 1.54) is 40.1 Å². The zero-order chi connectivity index (χ0) is 30.9. The number of anilines is 2. The number of carbonyl (C=O) groups excluding carboxylic acids is 1. The molecule has 3 aromatic rings. The molecule has 0 aliphatic heterocycles. The minimum absolute atomic E-state index is 0.00576. The quantitative estimate of drug-likeness (QED) is 0.255. The summed E-state index contributed by atoms with van der Waals surface area (Å²) in [5.74, 6) is -0.616. The fourth-order valence-corrected chi connectivity index (χ4v) is 4.40. The van der Waals surface area contributed by atoms with Crippen LogP contribution in [0.5, 0.6) is 0 Å². The Morgan fingerprint density at radius 1 is 0.976 bits per heavy atom. The first-order valence-electron chi connectivity index (χ1n) is 12.3. The molecular formula is C28H28ClF6N3O3. The van der Waals surface area contributed by atoms with Crippen molar-refractivity contribution in [1.82, 2.24) is 4.98 Å². The third-order valence-corrected chi connectivity index (χ3v) is 7.00. The van der Waals surface area contributed by atoms with Crippen LogP contribution in [0.25, 0.3) is 11.1 Å². The van der Waals surface area contributed by atoms with Gasteiger partial charge in [0.2, 0.25) is 5.91 Å². The number of benzene rings is 2. The van der Waals surface area contributed by atoms with E-state index < -0.39 is 59.1 Å². The third kappa shape index (κ3) is 7.11. The minimum Gasteiger partial charge on any atom is -0.394 e. The predicted molar refractivity (Wildman–Crippen MR) is 144 cm³/mol. The average molecular weight is 604 g/mol. The van der Waals surface area contributed by atoms with Crippen molar-refractivity contribution in [1.29, 1.82) is 0 Å². The molecular weight excluding hydrogens is 576 g/mol. The number of hydrogen-bond donors (Lipinski definition) is 3. The molecule has 41 heavy (non-hydrogen) atoms. The molecule has 0 saturated carbocycles. The van der Waals surface area contributed by atoms with Crippen molar-refractivity contribution in [2.45, 2.75) is 50.7 Å². The van der Waals surface area contributed by atoms with Crippen molar-refractivity contribution in [2.75, 3.05) is 23.9 Å². The molecule has 13 heteroatoms. The summed E-state index contributed by atoms with van der Waals surface area (Å²) in [6.07, 6.45) is -9.84. The Morgan fingerprint density at radius 2 is 1.51 bits per heavy atom. The Bertz CT molecular complexity index is 1380. The van der Waals surface area contributed by atoms with E-state index in [4.69, 9.17) is 11.6 Å². The number of aromatic nitrogens is 1. The Labute approximate surface area is 237 Å². The van der Waals surface area contributed by atoms with Gasteiger partial charge in [0.05, 0.1) is 47.2 Å². The van der Waals surface area contributed by atoms with Crippen LogP contribution in [0.2, 0.25) is 5.02 Å². The fraction of sp³-hybridized carbons (Fsp3) is 0.357. The van der Waals surface area contributed by atoms with Crippen LogP contribution >= 0.6 is 11.6 Å². The van der Waals surface area contributed by atoms with E-state index in [-0.39, 0.29) is 22.6 Å². The molecule has 0 fully saturated rings. The molecule has 1 amide bonds. The van der Waals surface area contributed by atoms with Crippen LogP contribution < -0.4 is 10.2 Å². The van der Waals surface area contributed by atoms with Gasteiger partial charge in [-0.05, 0) is 56.7 Å². The molecule has 222 valence electrons. The highest BCUT2D eigenvalue weighted by atomic mass is 35.5. The van der Waals surface area contributed by atoms with Crippen molar-refractivity contribution in [3.05, 3.63) is 76.4 Å². The van der Waals surface area contributed by atoms with Crippen LogP contribution in [-0.4, -0.2) is 46.9 Å². The van der Waals surface area contributed by atoms with Gasteiger partial charge in [-0.25, -0.2) is 4.98 Å². The number of halogens is 7. The summed E-state index contributed by atoms with van der Waals surface area (Å²) in [6, 6.07) is 8.38. The van der Waals surface area contributed by atoms with Gasteiger partial charge in [0, 0.05) is 23.2 Å². The number of nitrogens with one attached hydrogen (secondary N) is 1. The van der Waals surface area contributed by atoms with E-state index >= 15 is 0 Å². The second kappa shape index (κ2) is 11.9. The van der Waals surface area contributed by atoms with Gasteiger partial charge in [-0.3, -0.25) is 4.79 Å². The number of carbonyl (C=O) groups is 1. The van der Waals surface area contributed by atoms with Crippen molar-refractivity contribution >= 4 is 29.0 Å². The molecule has 0 aliphatic rings. The molecule has 3 N–H and O–H groups in total. The first kappa shape index (κ1) is 32.2. The highest BCUT2D eigenvalue weighted by molar-refractivity contribution is 6.33. The Hall–Kier alpha value is -3.35. The van der Waals surface area contributed by atoms with E-state index in [2.05, 4.69) is 10.3 Å². The van der Waals surface area contributed by atoms with Gasteiger partial charge in [-0.1, -0.05) is 29.8 Å². The smallest absolute Gasteiger partial charge is 0.394 e. The second-order valence-electron chi connectivity index (χ2n) is 10.0. The number of hydrogen-bond acceptors (Lipinski definition) is 5. The molecule has 3 rings (SSSR count). The summed E-state index contributed by atoms with van der Waals surface area (Å²) in [6.45, 7) is 3.50. The van der Waals surface area contributed by atoms with Crippen LogP contribution in [0, 0.1) is 0 Å². The van der Waals surface area contributed by atoms with E-state index in [0.717, 1.165) is 4.90 Å². The highest BCUT2D eigenvalue weighted by Gasteiger charge is 2.41. The standard InChI is InChI=1S/C28H28ClF6N3O3/c1-15(40)22(14-39)37-24-12-20(19-7-5-6-8-21(19)29)23(13-36-24)38(4)25(41)26(2,3)16-9-17(27(30,31)32)11-18(10-16)28(33,34)35/h5-13,15,22,39-40H,14H2,1-4H3,(H,36,37)/t15-,22+/m0/s1. The SMILES string of the molecule is C[C@H](O)[C@@H](CO)Nc1cc(-c2ccccc2Cl)c(N(C)C(=O)C(C)(C)c2cc(C(F)(F)F)cc(C(F)(F)F)c2)cn1. The summed E-state index contributed by atoms with van der Waals surface area (Å²) in [5, 5.41) is 22.6. The summed E-state index contributed by atoms with van der Waals surface area (Å²) >= 11 is 6.42. The Kier molecular flexibility index (Phi) is 9.31. The summed E-state index contributed by atoms with van der Waals surface area (Å²) in [7, 11) is 1.32. The lowest BCUT2D eigenvalue weighted by Gasteiger charge is -2.32. The van der Waals surface area contributed by atoms with Crippen LogP contribution in [0.1, 0.15) is 37.5 Å². The van der Waals surface area contributed by atoms with Crippen LogP contribution in [0.4, 0.5) is 37.8 Å². The van der Waals surface area contributed by atoms with Crippen LogP contribution in [-0.2, 0) is 22.6 Å². The Balaban J connectivity index is 2.14.